The molecule has 0 amide bonds. The molecule has 0 saturated heterocycles. The van der Waals surface area contributed by atoms with E-state index in [0.29, 0.717) is 0 Å². The van der Waals surface area contributed by atoms with Crippen molar-refractivity contribution >= 4 is 62.0 Å². The van der Waals surface area contributed by atoms with Crippen LogP contribution in [0.25, 0.3) is 27.5 Å². The average molecular weight is 524 g/mol. The van der Waals surface area contributed by atoms with Crippen LogP contribution in [0.2, 0.25) is 0 Å². The fraction of sp³-hybridized carbons (Fsp3) is 0. The van der Waals surface area contributed by atoms with Crippen molar-refractivity contribution in [2.75, 3.05) is 4.90 Å². The highest BCUT2D eigenvalue weighted by Gasteiger charge is 2.46. The lowest BCUT2D eigenvalue weighted by molar-refractivity contribution is 0.464. The standard InChI is InChI=1S/C36H21BN2O2/c1-3-9-22(10-4-1)38(23-11-5-2-6-12-23)24-17-18-25-26-19-20-32-35-36(26)39(28(25)21-24)27-13-7-14-29-33(27)37(35)34-30(40-29)15-8-16-31(34)41-32/h1-21H. The van der Waals surface area contributed by atoms with Crippen molar-refractivity contribution in [1.29, 1.82) is 0 Å². The van der Waals surface area contributed by atoms with E-state index in [2.05, 4.69) is 131 Å². The lowest BCUT2D eigenvalue weighted by atomic mass is 9.33. The molecule has 6 aromatic carbocycles. The summed E-state index contributed by atoms with van der Waals surface area (Å²) in [5.74, 6) is 3.61. The molecule has 41 heavy (non-hydrogen) atoms. The fourth-order valence-electron chi connectivity index (χ4n) is 7.22. The molecule has 0 atom stereocenters. The lowest BCUT2D eigenvalue weighted by Gasteiger charge is -2.37. The number of anilines is 3. The first kappa shape index (κ1) is 21.4. The van der Waals surface area contributed by atoms with Crippen molar-refractivity contribution in [1.82, 2.24) is 4.57 Å². The Morgan fingerprint density at radius 3 is 1.80 bits per heavy atom. The molecular weight excluding hydrogens is 503 g/mol. The summed E-state index contributed by atoms with van der Waals surface area (Å²) in [6.07, 6.45) is 0. The van der Waals surface area contributed by atoms with Crippen molar-refractivity contribution in [3.05, 3.63) is 127 Å². The highest BCUT2D eigenvalue weighted by molar-refractivity contribution is 7.00. The third kappa shape index (κ3) is 2.70. The van der Waals surface area contributed by atoms with E-state index >= 15 is 0 Å². The molecule has 7 aromatic rings. The zero-order valence-electron chi connectivity index (χ0n) is 21.9. The van der Waals surface area contributed by atoms with Crippen molar-refractivity contribution in [2.45, 2.75) is 0 Å². The quantitative estimate of drug-likeness (QED) is 0.227. The van der Waals surface area contributed by atoms with Gasteiger partial charge in [-0.05, 0) is 83.7 Å². The van der Waals surface area contributed by atoms with Gasteiger partial charge in [0.15, 0.2) is 0 Å². The summed E-state index contributed by atoms with van der Waals surface area (Å²) in [5, 5.41) is 2.47. The summed E-state index contributed by atoms with van der Waals surface area (Å²) < 4.78 is 15.5. The summed E-state index contributed by atoms with van der Waals surface area (Å²) in [7, 11) is 0. The molecular formula is C36H21BN2O2. The van der Waals surface area contributed by atoms with Gasteiger partial charge < -0.3 is 18.9 Å². The van der Waals surface area contributed by atoms with Crippen molar-refractivity contribution in [3.63, 3.8) is 0 Å². The Balaban J connectivity index is 1.31. The topological polar surface area (TPSA) is 26.6 Å². The smallest absolute Gasteiger partial charge is 0.266 e. The van der Waals surface area contributed by atoms with E-state index in [1.165, 1.54) is 38.4 Å². The van der Waals surface area contributed by atoms with E-state index in [4.69, 9.17) is 9.47 Å². The van der Waals surface area contributed by atoms with Gasteiger partial charge in [0.25, 0.3) is 6.71 Å². The van der Waals surface area contributed by atoms with E-state index in [0.717, 1.165) is 45.5 Å². The van der Waals surface area contributed by atoms with E-state index in [-0.39, 0.29) is 6.71 Å². The zero-order valence-corrected chi connectivity index (χ0v) is 21.9. The number of hydrogen-bond donors (Lipinski definition) is 0. The third-order valence-corrected chi connectivity index (χ3v) is 8.82. The van der Waals surface area contributed by atoms with E-state index in [1.54, 1.807) is 0 Å². The minimum absolute atomic E-state index is 0.0787. The molecule has 0 spiro atoms. The van der Waals surface area contributed by atoms with Crippen molar-refractivity contribution in [2.24, 2.45) is 0 Å². The Labute approximate surface area is 236 Å². The first-order chi connectivity index (χ1) is 20.3. The van der Waals surface area contributed by atoms with E-state index in [1.807, 2.05) is 6.07 Å². The SMILES string of the molecule is c1ccc(N(c2ccccc2)c2ccc3c4ccc5c6c4n(c3c2)-c2cccc3c2B6c2c(cccc2O5)O3)cc1. The molecule has 0 saturated carbocycles. The fourth-order valence-corrected chi connectivity index (χ4v) is 7.22. The van der Waals surface area contributed by atoms with Gasteiger partial charge in [-0.15, -0.1) is 0 Å². The van der Waals surface area contributed by atoms with Crippen LogP contribution in [0, 0.1) is 0 Å². The number of nitrogens with zero attached hydrogens (tertiary/aromatic N) is 2. The maximum atomic E-state index is 6.54. The molecule has 3 aliphatic heterocycles. The molecule has 0 N–H and O–H groups in total. The maximum Gasteiger partial charge on any atom is 0.266 e. The molecule has 4 nitrogen and oxygen atoms in total. The number of benzene rings is 6. The van der Waals surface area contributed by atoms with Crippen LogP contribution in [0.15, 0.2) is 127 Å². The molecule has 0 fully saturated rings. The second kappa shape index (κ2) is 7.61. The van der Waals surface area contributed by atoms with E-state index < -0.39 is 0 Å². The van der Waals surface area contributed by atoms with Gasteiger partial charge in [0.2, 0.25) is 0 Å². The largest absolute Gasteiger partial charge is 0.458 e. The minimum atomic E-state index is 0.0787. The van der Waals surface area contributed by atoms with Gasteiger partial charge in [0.1, 0.15) is 23.0 Å². The van der Waals surface area contributed by atoms with E-state index in [9.17, 15) is 0 Å². The van der Waals surface area contributed by atoms with Crippen LogP contribution in [0.4, 0.5) is 17.1 Å². The molecule has 10 rings (SSSR count). The Bertz CT molecular complexity index is 2170. The molecule has 0 radical (unpaired) electrons. The number of rotatable bonds is 3. The van der Waals surface area contributed by atoms with Crippen molar-refractivity contribution < 1.29 is 9.47 Å². The van der Waals surface area contributed by atoms with Crippen LogP contribution in [0.3, 0.4) is 0 Å². The molecule has 0 bridgehead atoms. The highest BCUT2D eigenvalue weighted by Crippen LogP contribution is 2.44. The first-order valence-corrected chi connectivity index (χ1v) is 14.0. The first-order valence-electron chi connectivity index (χ1n) is 14.0. The highest BCUT2D eigenvalue weighted by atomic mass is 16.5. The van der Waals surface area contributed by atoms with Crippen LogP contribution >= 0.6 is 0 Å². The van der Waals surface area contributed by atoms with Gasteiger partial charge in [-0.2, -0.15) is 0 Å². The van der Waals surface area contributed by atoms with Crippen molar-refractivity contribution in [3.8, 4) is 28.7 Å². The Hall–Kier alpha value is -5.42. The molecule has 0 unspecified atom stereocenters. The van der Waals surface area contributed by atoms with Gasteiger partial charge in [-0.25, -0.2) is 0 Å². The summed E-state index contributed by atoms with van der Waals surface area (Å²) >= 11 is 0. The number of fused-ring (bicyclic) bond motifs is 4. The summed E-state index contributed by atoms with van der Waals surface area (Å²) in [6, 6.07) is 44.9. The van der Waals surface area contributed by atoms with Crippen LogP contribution in [-0.4, -0.2) is 11.3 Å². The molecule has 5 heteroatoms. The average Bonchev–Trinajstić information content (AvgIpc) is 3.36. The van der Waals surface area contributed by atoms with Crippen LogP contribution in [0.5, 0.6) is 23.0 Å². The summed E-state index contributed by atoms with van der Waals surface area (Å²) in [4.78, 5) is 2.32. The minimum Gasteiger partial charge on any atom is -0.458 e. The van der Waals surface area contributed by atoms with Gasteiger partial charge in [-0.3, -0.25) is 0 Å². The van der Waals surface area contributed by atoms with Crippen LogP contribution < -0.4 is 30.8 Å². The summed E-state index contributed by atoms with van der Waals surface area (Å²) in [5.41, 5.74) is 10.5. The number of hydrogen-bond acceptors (Lipinski definition) is 3. The van der Waals surface area contributed by atoms with Gasteiger partial charge in [0.05, 0.1) is 11.0 Å². The monoisotopic (exact) mass is 524 g/mol. The normalized spacial score (nSPS) is 13.2. The second-order valence-electron chi connectivity index (χ2n) is 10.9. The maximum absolute atomic E-state index is 6.54. The molecule has 3 aliphatic rings. The predicted molar refractivity (Wildman–Crippen MR) is 167 cm³/mol. The Kier molecular flexibility index (Phi) is 3.98. The molecule has 4 heterocycles. The number of para-hydroxylation sites is 2. The zero-order chi connectivity index (χ0) is 26.7. The lowest BCUT2D eigenvalue weighted by Crippen LogP contribution is -2.60. The second-order valence-corrected chi connectivity index (χ2v) is 10.9. The van der Waals surface area contributed by atoms with Gasteiger partial charge in [0, 0.05) is 39.0 Å². The van der Waals surface area contributed by atoms with Crippen LogP contribution in [-0.2, 0) is 0 Å². The predicted octanol–water partition coefficient (Wildman–Crippen LogP) is 7.29. The molecule has 1 aromatic heterocycles. The van der Waals surface area contributed by atoms with Gasteiger partial charge >= 0.3 is 0 Å². The Morgan fingerprint density at radius 1 is 0.488 bits per heavy atom. The number of ether oxygens (including phenoxy) is 2. The van der Waals surface area contributed by atoms with Gasteiger partial charge in [-0.1, -0.05) is 54.6 Å². The Morgan fingerprint density at radius 2 is 1.10 bits per heavy atom. The summed E-state index contributed by atoms with van der Waals surface area (Å²) in [6.45, 7) is 0.0787. The van der Waals surface area contributed by atoms with Crippen LogP contribution in [0.1, 0.15) is 0 Å². The molecule has 190 valence electrons. The molecule has 0 aliphatic carbocycles. The third-order valence-electron chi connectivity index (χ3n) is 8.82. The number of aromatic nitrogens is 1.